The summed E-state index contributed by atoms with van der Waals surface area (Å²) >= 11 is 0. The van der Waals surface area contributed by atoms with Gasteiger partial charge >= 0.3 is 10.2 Å². The van der Waals surface area contributed by atoms with Gasteiger partial charge in [-0.2, -0.15) is 8.42 Å². The lowest BCUT2D eigenvalue weighted by molar-refractivity contribution is 0.524. The van der Waals surface area contributed by atoms with Gasteiger partial charge in [-0.3, -0.25) is 0 Å². The highest BCUT2D eigenvalue weighted by molar-refractivity contribution is 7.87. The standard InChI is InChI=1S/C10H11FO2S/c1-7-9-5-3-2-4-8(9)6-10(7)14(11,12)13/h2-5,7,10H,6H2,1H3. The molecule has 2 rings (SSSR count). The van der Waals surface area contributed by atoms with Crippen molar-refractivity contribution in [2.75, 3.05) is 0 Å². The van der Waals surface area contributed by atoms with E-state index >= 15 is 0 Å². The second-order valence-corrected chi connectivity index (χ2v) is 5.26. The van der Waals surface area contributed by atoms with Gasteiger partial charge in [0.05, 0.1) is 0 Å². The third-order valence-electron chi connectivity index (χ3n) is 2.89. The zero-order valence-corrected chi connectivity index (χ0v) is 8.59. The minimum Gasteiger partial charge on any atom is -0.195 e. The number of hydrogen-bond acceptors (Lipinski definition) is 2. The summed E-state index contributed by atoms with van der Waals surface area (Å²) in [6.07, 6.45) is 0.302. The van der Waals surface area contributed by atoms with Crippen molar-refractivity contribution in [2.24, 2.45) is 0 Å². The molecule has 0 saturated heterocycles. The molecule has 0 aliphatic heterocycles. The highest BCUT2D eigenvalue weighted by Crippen LogP contribution is 2.37. The van der Waals surface area contributed by atoms with E-state index in [-0.39, 0.29) is 5.92 Å². The van der Waals surface area contributed by atoms with Crippen LogP contribution in [-0.2, 0) is 16.6 Å². The molecule has 1 aliphatic carbocycles. The fraction of sp³-hybridized carbons (Fsp3) is 0.400. The van der Waals surface area contributed by atoms with Crippen molar-refractivity contribution in [3.8, 4) is 0 Å². The Kier molecular flexibility index (Phi) is 2.10. The van der Waals surface area contributed by atoms with Gasteiger partial charge in [-0.25, -0.2) is 0 Å². The van der Waals surface area contributed by atoms with Crippen LogP contribution in [0, 0.1) is 0 Å². The van der Waals surface area contributed by atoms with Crippen LogP contribution >= 0.6 is 0 Å². The van der Waals surface area contributed by atoms with Gasteiger partial charge in [0.25, 0.3) is 0 Å². The highest BCUT2D eigenvalue weighted by atomic mass is 32.3. The van der Waals surface area contributed by atoms with Crippen molar-refractivity contribution in [1.29, 1.82) is 0 Å². The van der Waals surface area contributed by atoms with Crippen LogP contribution in [0.4, 0.5) is 3.89 Å². The third-order valence-corrected chi connectivity index (χ3v) is 4.18. The molecule has 0 fully saturated rings. The first kappa shape index (κ1) is 9.65. The maximum absolute atomic E-state index is 12.9. The Balaban J connectivity index is 2.44. The minimum absolute atomic E-state index is 0.235. The molecule has 0 heterocycles. The van der Waals surface area contributed by atoms with Crippen LogP contribution in [0.5, 0.6) is 0 Å². The Morgan fingerprint density at radius 2 is 2.00 bits per heavy atom. The normalized spacial score (nSPS) is 26.1. The fourth-order valence-corrected chi connectivity index (χ4v) is 3.11. The quantitative estimate of drug-likeness (QED) is 0.670. The molecule has 0 spiro atoms. The van der Waals surface area contributed by atoms with Crippen LogP contribution < -0.4 is 0 Å². The lowest BCUT2D eigenvalue weighted by atomic mass is 10.0. The molecule has 0 aromatic heterocycles. The van der Waals surface area contributed by atoms with E-state index in [1.807, 2.05) is 24.3 Å². The maximum Gasteiger partial charge on any atom is 0.306 e. The summed E-state index contributed by atoms with van der Waals surface area (Å²) in [6, 6.07) is 7.42. The van der Waals surface area contributed by atoms with E-state index in [0.717, 1.165) is 11.1 Å². The molecule has 76 valence electrons. The molecule has 2 unspecified atom stereocenters. The fourth-order valence-electron chi connectivity index (χ4n) is 2.10. The molecule has 0 radical (unpaired) electrons. The van der Waals surface area contributed by atoms with Crippen LogP contribution in [-0.4, -0.2) is 13.7 Å². The first-order valence-corrected chi connectivity index (χ1v) is 5.96. The van der Waals surface area contributed by atoms with E-state index in [1.54, 1.807) is 6.92 Å². The van der Waals surface area contributed by atoms with Crippen molar-refractivity contribution in [2.45, 2.75) is 24.5 Å². The van der Waals surface area contributed by atoms with E-state index in [4.69, 9.17) is 0 Å². The van der Waals surface area contributed by atoms with Gasteiger partial charge < -0.3 is 0 Å². The summed E-state index contributed by atoms with van der Waals surface area (Å²) < 4.78 is 34.6. The lowest BCUT2D eigenvalue weighted by Crippen LogP contribution is -2.20. The van der Waals surface area contributed by atoms with E-state index < -0.39 is 15.5 Å². The molecule has 1 aromatic carbocycles. The predicted octanol–water partition coefficient (Wildman–Crippen LogP) is 2.01. The van der Waals surface area contributed by atoms with Crippen molar-refractivity contribution in [3.63, 3.8) is 0 Å². The maximum atomic E-state index is 12.9. The second-order valence-electron chi connectivity index (χ2n) is 3.71. The van der Waals surface area contributed by atoms with E-state index in [2.05, 4.69) is 0 Å². The first-order valence-electron chi connectivity index (χ1n) is 4.51. The minimum atomic E-state index is -4.42. The number of benzene rings is 1. The number of hydrogen-bond donors (Lipinski definition) is 0. The van der Waals surface area contributed by atoms with Gasteiger partial charge in [-0.1, -0.05) is 31.2 Å². The molecule has 1 aliphatic rings. The van der Waals surface area contributed by atoms with Crippen molar-refractivity contribution < 1.29 is 12.3 Å². The Hall–Kier alpha value is -0.900. The molecule has 0 amide bonds. The van der Waals surface area contributed by atoms with Gasteiger partial charge in [0.15, 0.2) is 0 Å². The van der Waals surface area contributed by atoms with Crippen LogP contribution in [0.2, 0.25) is 0 Å². The number of rotatable bonds is 1. The van der Waals surface area contributed by atoms with Crippen LogP contribution in [0.25, 0.3) is 0 Å². The summed E-state index contributed by atoms with van der Waals surface area (Å²) in [4.78, 5) is 0. The van der Waals surface area contributed by atoms with Crippen molar-refractivity contribution in [3.05, 3.63) is 35.4 Å². The monoisotopic (exact) mass is 214 g/mol. The predicted molar refractivity (Wildman–Crippen MR) is 52.4 cm³/mol. The SMILES string of the molecule is CC1c2ccccc2CC1S(=O)(=O)F. The summed E-state index contributed by atoms with van der Waals surface area (Å²) in [6.45, 7) is 1.76. The summed E-state index contributed by atoms with van der Waals surface area (Å²) in [7, 11) is -4.42. The number of halogens is 1. The average Bonchev–Trinajstić information content (AvgIpc) is 2.44. The Morgan fingerprint density at radius 3 is 2.57 bits per heavy atom. The Morgan fingerprint density at radius 1 is 1.36 bits per heavy atom. The molecular weight excluding hydrogens is 203 g/mol. The van der Waals surface area contributed by atoms with Crippen LogP contribution in [0.3, 0.4) is 0 Å². The molecule has 1 aromatic rings. The molecule has 2 nitrogen and oxygen atoms in total. The molecule has 4 heteroatoms. The smallest absolute Gasteiger partial charge is 0.195 e. The van der Waals surface area contributed by atoms with Gasteiger partial charge in [-0.05, 0) is 17.5 Å². The zero-order chi connectivity index (χ0) is 10.3. The van der Waals surface area contributed by atoms with E-state index in [0.29, 0.717) is 6.42 Å². The molecule has 2 atom stereocenters. The number of fused-ring (bicyclic) bond motifs is 1. The van der Waals surface area contributed by atoms with Gasteiger partial charge in [0.2, 0.25) is 0 Å². The van der Waals surface area contributed by atoms with Gasteiger partial charge in [0.1, 0.15) is 5.25 Å². The second kappa shape index (κ2) is 3.05. The zero-order valence-electron chi connectivity index (χ0n) is 7.77. The molecule has 0 N–H and O–H groups in total. The Bertz CT molecular complexity index is 453. The van der Waals surface area contributed by atoms with Gasteiger partial charge in [-0.15, -0.1) is 3.89 Å². The largest absolute Gasteiger partial charge is 0.306 e. The van der Waals surface area contributed by atoms with Crippen LogP contribution in [0.1, 0.15) is 24.0 Å². The molecule has 0 saturated carbocycles. The topological polar surface area (TPSA) is 34.1 Å². The average molecular weight is 214 g/mol. The third kappa shape index (κ3) is 1.43. The summed E-state index contributed by atoms with van der Waals surface area (Å²) in [5.41, 5.74) is 1.91. The van der Waals surface area contributed by atoms with Crippen LogP contribution in [0.15, 0.2) is 24.3 Å². The van der Waals surface area contributed by atoms with E-state index in [1.165, 1.54) is 0 Å². The van der Waals surface area contributed by atoms with E-state index in [9.17, 15) is 12.3 Å². The van der Waals surface area contributed by atoms with Crippen molar-refractivity contribution >= 4 is 10.2 Å². The lowest BCUT2D eigenvalue weighted by Gasteiger charge is -2.10. The summed E-state index contributed by atoms with van der Waals surface area (Å²) in [5, 5.41) is -0.889. The molecular formula is C10H11FO2S. The molecule has 14 heavy (non-hydrogen) atoms. The summed E-state index contributed by atoms with van der Waals surface area (Å²) in [5.74, 6) is -0.235. The molecule has 0 bridgehead atoms. The first-order chi connectivity index (χ1) is 6.50. The highest BCUT2D eigenvalue weighted by Gasteiger charge is 2.38. The Labute approximate surface area is 83.0 Å². The van der Waals surface area contributed by atoms with Gasteiger partial charge in [0, 0.05) is 5.92 Å². The van der Waals surface area contributed by atoms with Crippen molar-refractivity contribution in [1.82, 2.24) is 0 Å².